The van der Waals surface area contributed by atoms with Gasteiger partial charge in [-0.25, -0.2) is 0 Å². The molecule has 1 unspecified atom stereocenters. The molecule has 0 spiro atoms. The standard InChI is InChI=1S/C16H23BrN2O2/c1-10(2)8-14(16(21)19(4)5)18-15(20)12-9-11(3)6-7-13(12)17/h6-7,9-10,14H,8H2,1-5H3,(H,18,20). The SMILES string of the molecule is Cc1ccc(Br)c(C(=O)NC(CC(C)C)C(=O)N(C)C)c1. The molecule has 2 amide bonds. The predicted molar refractivity (Wildman–Crippen MR) is 88.3 cm³/mol. The van der Waals surface area contributed by atoms with Gasteiger partial charge in [0.2, 0.25) is 5.91 Å². The van der Waals surface area contributed by atoms with Gasteiger partial charge in [0.05, 0.1) is 5.56 Å². The topological polar surface area (TPSA) is 49.4 Å². The molecule has 1 rings (SSSR count). The van der Waals surface area contributed by atoms with Gasteiger partial charge in [0.1, 0.15) is 6.04 Å². The fourth-order valence-corrected chi connectivity index (χ4v) is 2.48. The van der Waals surface area contributed by atoms with E-state index in [-0.39, 0.29) is 11.8 Å². The highest BCUT2D eigenvalue weighted by Gasteiger charge is 2.24. The summed E-state index contributed by atoms with van der Waals surface area (Å²) in [6.07, 6.45) is 0.617. The molecular weight excluding hydrogens is 332 g/mol. The number of likely N-dealkylation sites (N-methyl/N-ethyl adjacent to an activating group) is 1. The van der Waals surface area contributed by atoms with Gasteiger partial charge in [0, 0.05) is 18.6 Å². The summed E-state index contributed by atoms with van der Waals surface area (Å²) in [6, 6.07) is 5.08. The monoisotopic (exact) mass is 354 g/mol. The number of hydrogen-bond acceptors (Lipinski definition) is 2. The third kappa shape index (κ3) is 5.16. The number of nitrogens with one attached hydrogen (secondary N) is 1. The number of benzene rings is 1. The minimum atomic E-state index is -0.500. The average molecular weight is 355 g/mol. The molecule has 0 aliphatic rings. The van der Waals surface area contributed by atoms with Crippen molar-refractivity contribution >= 4 is 27.7 Å². The molecule has 1 atom stereocenters. The minimum Gasteiger partial charge on any atom is -0.347 e. The number of halogens is 1. The summed E-state index contributed by atoms with van der Waals surface area (Å²) >= 11 is 3.38. The molecule has 0 saturated carbocycles. The fraction of sp³-hybridized carbons (Fsp3) is 0.500. The molecule has 0 aromatic heterocycles. The second kappa shape index (κ2) is 7.59. The number of nitrogens with zero attached hydrogens (tertiary/aromatic N) is 1. The molecule has 0 aliphatic heterocycles. The zero-order valence-corrected chi connectivity index (χ0v) is 14.8. The van der Waals surface area contributed by atoms with Crippen molar-refractivity contribution in [2.45, 2.75) is 33.2 Å². The Morgan fingerprint density at radius 3 is 2.43 bits per heavy atom. The summed E-state index contributed by atoms with van der Waals surface area (Å²) < 4.78 is 0.728. The number of rotatable bonds is 5. The zero-order chi connectivity index (χ0) is 16.2. The van der Waals surface area contributed by atoms with Gasteiger partial charge in [-0.2, -0.15) is 0 Å². The van der Waals surface area contributed by atoms with E-state index in [0.717, 1.165) is 10.0 Å². The smallest absolute Gasteiger partial charge is 0.253 e. The fourth-order valence-electron chi connectivity index (χ4n) is 2.05. The van der Waals surface area contributed by atoms with Crippen LogP contribution < -0.4 is 5.32 Å². The van der Waals surface area contributed by atoms with Gasteiger partial charge in [0.15, 0.2) is 0 Å². The Balaban J connectivity index is 2.94. The van der Waals surface area contributed by atoms with Crippen LogP contribution in [0.25, 0.3) is 0 Å². The van der Waals surface area contributed by atoms with E-state index < -0.39 is 6.04 Å². The van der Waals surface area contributed by atoms with Crippen LogP contribution in [0.3, 0.4) is 0 Å². The van der Waals surface area contributed by atoms with E-state index in [1.54, 1.807) is 14.1 Å². The first kappa shape index (κ1) is 17.7. The number of aryl methyl sites for hydroxylation is 1. The highest BCUT2D eigenvalue weighted by Crippen LogP contribution is 2.18. The molecule has 0 heterocycles. The first-order valence-electron chi connectivity index (χ1n) is 7.00. The Morgan fingerprint density at radius 1 is 1.29 bits per heavy atom. The largest absolute Gasteiger partial charge is 0.347 e. The normalized spacial score (nSPS) is 12.1. The number of carbonyl (C=O) groups excluding carboxylic acids is 2. The molecule has 1 aromatic rings. The lowest BCUT2D eigenvalue weighted by atomic mass is 10.0. The van der Waals surface area contributed by atoms with Crippen molar-refractivity contribution in [3.8, 4) is 0 Å². The van der Waals surface area contributed by atoms with E-state index in [1.165, 1.54) is 4.90 Å². The van der Waals surface area contributed by atoms with Gasteiger partial charge in [0.25, 0.3) is 5.91 Å². The van der Waals surface area contributed by atoms with Crippen LogP contribution in [0.2, 0.25) is 0 Å². The maximum absolute atomic E-state index is 12.4. The van der Waals surface area contributed by atoms with Gasteiger partial charge in [-0.05, 0) is 47.3 Å². The van der Waals surface area contributed by atoms with Gasteiger partial charge >= 0.3 is 0 Å². The molecule has 5 heteroatoms. The lowest BCUT2D eigenvalue weighted by molar-refractivity contribution is -0.131. The van der Waals surface area contributed by atoms with Crippen LogP contribution in [0, 0.1) is 12.8 Å². The van der Waals surface area contributed by atoms with Gasteiger partial charge < -0.3 is 10.2 Å². The third-order valence-corrected chi connectivity index (χ3v) is 3.81. The quantitative estimate of drug-likeness (QED) is 0.883. The third-order valence-electron chi connectivity index (χ3n) is 3.12. The Morgan fingerprint density at radius 2 is 1.90 bits per heavy atom. The Hall–Kier alpha value is -1.36. The van der Waals surface area contributed by atoms with E-state index in [9.17, 15) is 9.59 Å². The molecule has 1 aromatic carbocycles. The van der Waals surface area contributed by atoms with Crippen molar-refractivity contribution in [2.24, 2.45) is 5.92 Å². The Labute approximate surface area is 135 Å². The van der Waals surface area contributed by atoms with E-state index in [4.69, 9.17) is 0 Å². The van der Waals surface area contributed by atoms with Gasteiger partial charge in [-0.1, -0.05) is 25.5 Å². The molecule has 0 radical (unpaired) electrons. The van der Waals surface area contributed by atoms with E-state index in [2.05, 4.69) is 21.2 Å². The van der Waals surface area contributed by atoms with Crippen LogP contribution in [0.5, 0.6) is 0 Å². The average Bonchev–Trinajstić information content (AvgIpc) is 2.39. The van der Waals surface area contributed by atoms with Crippen LogP contribution in [0.4, 0.5) is 0 Å². The van der Waals surface area contributed by atoms with E-state index >= 15 is 0 Å². The van der Waals surface area contributed by atoms with Crippen molar-refractivity contribution in [1.82, 2.24) is 10.2 Å². The number of hydrogen-bond donors (Lipinski definition) is 1. The summed E-state index contributed by atoms with van der Waals surface area (Å²) in [5.41, 5.74) is 1.55. The number of amides is 2. The molecule has 4 nitrogen and oxygen atoms in total. The molecule has 0 saturated heterocycles. The Bertz CT molecular complexity index is 527. The van der Waals surface area contributed by atoms with Crippen LogP contribution in [0.15, 0.2) is 22.7 Å². The molecule has 116 valence electrons. The van der Waals surface area contributed by atoms with Crippen LogP contribution in [-0.4, -0.2) is 36.9 Å². The summed E-state index contributed by atoms with van der Waals surface area (Å²) in [6.45, 7) is 6.00. The molecule has 0 bridgehead atoms. The highest BCUT2D eigenvalue weighted by atomic mass is 79.9. The van der Waals surface area contributed by atoms with E-state index in [0.29, 0.717) is 17.9 Å². The summed E-state index contributed by atoms with van der Waals surface area (Å²) in [7, 11) is 3.40. The van der Waals surface area contributed by atoms with Crippen molar-refractivity contribution in [3.05, 3.63) is 33.8 Å². The molecule has 0 aliphatic carbocycles. The van der Waals surface area contributed by atoms with Gasteiger partial charge in [-0.3, -0.25) is 9.59 Å². The van der Waals surface area contributed by atoms with Gasteiger partial charge in [-0.15, -0.1) is 0 Å². The molecule has 21 heavy (non-hydrogen) atoms. The second-order valence-corrected chi connectivity index (χ2v) is 6.73. The van der Waals surface area contributed by atoms with Crippen molar-refractivity contribution < 1.29 is 9.59 Å². The zero-order valence-electron chi connectivity index (χ0n) is 13.2. The second-order valence-electron chi connectivity index (χ2n) is 5.87. The van der Waals surface area contributed by atoms with Crippen LogP contribution in [-0.2, 0) is 4.79 Å². The lowest BCUT2D eigenvalue weighted by Crippen LogP contribution is -2.47. The summed E-state index contributed by atoms with van der Waals surface area (Å²) in [5, 5.41) is 2.85. The van der Waals surface area contributed by atoms with Crippen molar-refractivity contribution in [1.29, 1.82) is 0 Å². The molecule has 0 fully saturated rings. The van der Waals surface area contributed by atoms with Crippen molar-refractivity contribution in [3.63, 3.8) is 0 Å². The summed E-state index contributed by atoms with van der Waals surface area (Å²) in [4.78, 5) is 26.1. The first-order valence-corrected chi connectivity index (χ1v) is 7.79. The van der Waals surface area contributed by atoms with Crippen LogP contribution in [0.1, 0.15) is 36.2 Å². The Kier molecular flexibility index (Phi) is 6.40. The van der Waals surface area contributed by atoms with Crippen molar-refractivity contribution in [2.75, 3.05) is 14.1 Å². The van der Waals surface area contributed by atoms with Crippen LogP contribution >= 0.6 is 15.9 Å². The maximum atomic E-state index is 12.4. The molecule has 1 N–H and O–H groups in total. The molecular formula is C16H23BrN2O2. The first-order chi connectivity index (χ1) is 9.72. The lowest BCUT2D eigenvalue weighted by Gasteiger charge is -2.23. The van der Waals surface area contributed by atoms with E-state index in [1.807, 2.05) is 39.0 Å². The maximum Gasteiger partial charge on any atom is 0.253 e. The highest BCUT2D eigenvalue weighted by molar-refractivity contribution is 9.10. The predicted octanol–water partition coefficient (Wildman–Crippen LogP) is 2.99. The minimum absolute atomic E-state index is 0.0826. The number of carbonyl (C=O) groups is 2. The summed E-state index contributed by atoms with van der Waals surface area (Å²) in [5.74, 6) is 0.00685.